The first kappa shape index (κ1) is 13.5. The van der Waals surface area contributed by atoms with Gasteiger partial charge in [-0.1, -0.05) is 6.58 Å². The fourth-order valence-electron chi connectivity index (χ4n) is 0.616. The van der Waals surface area contributed by atoms with Gasteiger partial charge in [-0.3, -0.25) is 9.50 Å². The van der Waals surface area contributed by atoms with E-state index in [1.165, 1.54) is 6.26 Å². The van der Waals surface area contributed by atoms with Crippen LogP contribution in [0.3, 0.4) is 0 Å². The number of halogens is 1. The van der Waals surface area contributed by atoms with Crippen LogP contribution in [0.25, 0.3) is 0 Å². The maximum absolute atomic E-state index is 10.7. The SMILES string of the molecule is C=COCCCC(=O)OCC.F. The van der Waals surface area contributed by atoms with E-state index in [1.54, 1.807) is 6.92 Å². The molecule has 72 valence electrons. The highest BCUT2D eigenvalue weighted by molar-refractivity contribution is 5.69. The molecule has 0 N–H and O–H groups in total. The van der Waals surface area contributed by atoms with Crippen molar-refractivity contribution in [3.63, 3.8) is 0 Å². The Balaban J connectivity index is 0. The number of ether oxygens (including phenoxy) is 2. The van der Waals surface area contributed by atoms with Gasteiger partial charge in [-0.05, 0) is 13.3 Å². The normalized spacial score (nSPS) is 8.08. The molecule has 0 aromatic heterocycles. The summed E-state index contributed by atoms with van der Waals surface area (Å²) in [7, 11) is 0. The zero-order chi connectivity index (χ0) is 8.53. The summed E-state index contributed by atoms with van der Waals surface area (Å²) in [4.78, 5) is 10.7. The molecule has 0 aliphatic rings. The molecule has 0 bridgehead atoms. The summed E-state index contributed by atoms with van der Waals surface area (Å²) in [5.74, 6) is -0.167. The van der Waals surface area contributed by atoms with Gasteiger partial charge in [-0.15, -0.1) is 0 Å². The Morgan fingerprint density at radius 1 is 1.58 bits per heavy atom. The summed E-state index contributed by atoms with van der Waals surface area (Å²) in [5.41, 5.74) is 0. The van der Waals surface area contributed by atoms with Crippen molar-refractivity contribution in [1.82, 2.24) is 0 Å². The molecule has 0 radical (unpaired) electrons. The van der Waals surface area contributed by atoms with Crippen LogP contribution in [-0.2, 0) is 14.3 Å². The number of esters is 1. The molecule has 3 nitrogen and oxygen atoms in total. The standard InChI is InChI=1S/C8H14O3.FH/c1-3-10-7-5-6-8(9)11-4-2;/h3H,1,4-7H2,2H3;1H. The Kier molecular flexibility index (Phi) is 11.2. The van der Waals surface area contributed by atoms with Crippen molar-refractivity contribution in [2.75, 3.05) is 13.2 Å². The maximum atomic E-state index is 10.7. The van der Waals surface area contributed by atoms with Gasteiger partial charge >= 0.3 is 5.97 Å². The second-order valence-electron chi connectivity index (χ2n) is 1.95. The van der Waals surface area contributed by atoms with Crippen LogP contribution in [0.15, 0.2) is 12.8 Å². The van der Waals surface area contributed by atoms with Crippen LogP contribution in [0.2, 0.25) is 0 Å². The van der Waals surface area contributed by atoms with Crippen LogP contribution in [0.1, 0.15) is 19.8 Å². The summed E-state index contributed by atoms with van der Waals surface area (Å²) in [6.45, 7) is 6.14. The third-order valence-corrected chi connectivity index (χ3v) is 1.07. The van der Waals surface area contributed by atoms with Crippen molar-refractivity contribution in [3.8, 4) is 0 Å². The highest BCUT2D eigenvalue weighted by atomic mass is 19.0. The first-order valence-electron chi connectivity index (χ1n) is 3.69. The maximum Gasteiger partial charge on any atom is 0.305 e. The minimum atomic E-state index is -0.167. The highest BCUT2D eigenvalue weighted by Gasteiger charge is 1.99. The quantitative estimate of drug-likeness (QED) is 0.352. The van der Waals surface area contributed by atoms with Gasteiger partial charge < -0.3 is 9.47 Å². The molecule has 12 heavy (non-hydrogen) atoms. The molecule has 0 amide bonds. The number of hydrogen-bond acceptors (Lipinski definition) is 3. The molecule has 0 unspecified atom stereocenters. The number of rotatable bonds is 6. The molecule has 0 spiro atoms. The second kappa shape index (κ2) is 9.94. The summed E-state index contributed by atoms with van der Waals surface area (Å²) < 4.78 is 9.52. The smallest absolute Gasteiger partial charge is 0.305 e. The Morgan fingerprint density at radius 2 is 2.25 bits per heavy atom. The zero-order valence-electron chi connectivity index (χ0n) is 7.25. The molecule has 0 aromatic carbocycles. The number of hydrogen-bond donors (Lipinski definition) is 0. The molecular weight excluding hydrogens is 163 g/mol. The van der Waals surface area contributed by atoms with Gasteiger partial charge in [-0.2, -0.15) is 0 Å². The van der Waals surface area contributed by atoms with Gasteiger partial charge in [0.2, 0.25) is 0 Å². The first-order chi connectivity index (χ1) is 5.31. The molecule has 0 saturated carbocycles. The van der Waals surface area contributed by atoms with Gasteiger partial charge in [0.05, 0.1) is 19.5 Å². The summed E-state index contributed by atoms with van der Waals surface area (Å²) in [6, 6.07) is 0. The lowest BCUT2D eigenvalue weighted by Gasteiger charge is -2.00. The molecule has 0 rings (SSSR count). The lowest BCUT2D eigenvalue weighted by molar-refractivity contribution is -0.143. The van der Waals surface area contributed by atoms with Gasteiger partial charge in [0.25, 0.3) is 0 Å². The molecule has 0 saturated heterocycles. The largest absolute Gasteiger partial charge is 0.502 e. The minimum absolute atomic E-state index is 0. The van der Waals surface area contributed by atoms with E-state index in [-0.39, 0.29) is 10.7 Å². The Morgan fingerprint density at radius 3 is 2.75 bits per heavy atom. The monoisotopic (exact) mass is 178 g/mol. The Hall–Kier alpha value is -1.06. The van der Waals surface area contributed by atoms with Crippen molar-refractivity contribution in [2.24, 2.45) is 0 Å². The third-order valence-electron chi connectivity index (χ3n) is 1.07. The van der Waals surface area contributed by atoms with Crippen molar-refractivity contribution in [2.45, 2.75) is 19.8 Å². The molecule has 0 heterocycles. The first-order valence-corrected chi connectivity index (χ1v) is 3.69. The third kappa shape index (κ3) is 8.94. The average Bonchev–Trinajstić information content (AvgIpc) is 1.99. The van der Waals surface area contributed by atoms with Crippen LogP contribution < -0.4 is 0 Å². The van der Waals surface area contributed by atoms with E-state index < -0.39 is 0 Å². The van der Waals surface area contributed by atoms with Crippen molar-refractivity contribution in [3.05, 3.63) is 12.8 Å². The zero-order valence-corrected chi connectivity index (χ0v) is 7.25. The summed E-state index contributed by atoms with van der Waals surface area (Å²) >= 11 is 0. The van der Waals surface area contributed by atoms with Crippen molar-refractivity contribution >= 4 is 5.97 Å². The lowest BCUT2D eigenvalue weighted by Crippen LogP contribution is -2.04. The Bertz CT molecular complexity index is 125. The molecule has 0 aliphatic carbocycles. The molecule has 0 atom stereocenters. The van der Waals surface area contributed by atoms with Crippen molar-refractivity contribution in [1.29, 1.82) is 0 Å². The van der Waals surface area contributed by atoms with Gasteiger partial charge in [0.15, 0.2) is 0 Å². The molecular formula is C8H15FO3. The lowest BCUT2D eigenvalue weighted by atomic mass is 10.3. The van der Waals surface area contributed by atoms with Gasteiger partial charge in [-0.25, -0.2) is 0 Å². The second-order valence-corrected chi connectivity index (χ2v) is 1.95. The van der Waals surface area contributed by atoms with E-state index >= 15 is 0 Å². The molecule has 4 heteroatoms. The van der Waals surface area contributed by atoms with Crippen LogP contribution in [0, 0.1) is 0 Å². The van der Waals surface area contributed by atoms with Crippen molar-refractivity contribution < 1.29 is 19.0 Å². The summed E-state index contributed by atoms with van der Waals surface area (Å²) in [6.07, 6.45) is 2.47. The van der Waals surface area contributed by atoms with Gasteiger partial charge in [0, 0.05) is 6.42 Å². The van der Waals surface area contributed by atoms with E-state index in [4.69, 9.17) is 9.47 Å². The highest BCUT2D eigenvalue weighted by Crippen LogP contribution is 1.93. The molecule has 0 aromatic rings. The van der Waals surface area contributed by atoms with E-state index in [9.17, 15) is 4.79 Å². The molecule has 0 fully saturated rings. The summed E-state index contributed by atoms with van der Waals surface area (Å²) in [5, 5.41) is 0. The van der Waals surface area contributed by atoms with Crippen LogP contribution in [0.4, 0.5) is 4.70 Å². The van der Waals surface area contributed by atoms with Crippen LogP contribution >= 0.6 is 0 Å². The number of carbonyl (C=O) groups excluding carboxylic acids is 1. The number of carbonyl (C=O) groups is 1. The fourth-order valence-corrected chi connectivity index (χ4v) is 0.616. The van der Waals surface area contributed by atoms with E-state index in [0.717, 1.165) is 0 Å². The van der Waals surface area contributed by atoms with Gasteiger partial charge in [0.1, 0.15) is 0 Å². The van der Waals surface area contributed by atoms with Crippen LogP contribution in [-0.4, -0.2) is 19.2 Å². The van der Waals surface area contributed by atoms with Crippen LogP contribution in [0.5, 0.6) is 0 Å². The predicted octanol–water partition coefficient (Wildman–Crippen LogP) is 1.64. The molecule has 0 aliphatic heterocycles. The van der Waals surface area contributed by atoms with E-state index in [2.05, 4.69) is 6.58 Å². The van der Waals surface area contributed by atoms with E-state index in [0.29, 0.717) is 26.1 Å². The fraction of sp³-hybridized carbons (Fsp3) is 0.625. The van der Waals surface area contributed by atoms with E-state index in [1.807, 2.05) is 0 Å². The minimum Gasteiger partial charge on any atom is -0.502 e. The average molecular weight is 178 g/mol. The topological polar surface area (TPSA) is 35.5 Å². The predicted molar refractivity (Wildman–Crippen MR) is 44.5 cm³/mol. The Labute approximate surface area is 71.7 Å².